The molecule has 1 aliphatic heterocycles. The summed E-state index contributed by atoms with van der Waals surface area (Å²) in [6, 6.07) is 11.1. The number of rotatable bonds is 4. The van der Waals surface area contributed by atoms with Crippen molar-refractivity contribution in [2.24, 2.45) is 0 Å². The summed E-state index contributed by atoms with van der Waals surface area (Å²) in [5, 5.41) is 11.4. The monoisotopic (exact) mass is 432 g/mol. The number of aryl methyl sites for hydroxylation is 1. The summed E-state index contributed by atoms with van der Waals surface area (Å²) >= 11 is 12.7. The Morgan fingerprint density at radius 3 is 2.59 bits per heavy atom. The Hall–Kier alpha value is -2.21. The molecule has 4 rings (SSSR count). The van der Waals surface area contributed by atoms with Gasteiger partial charge in [0.2, 0.25) is 5.76 Å². The van der Waals surface area contributed by atoms with Crippen LogP contribution in [-0.4, -0.2) is 42.2 Å². The molecule has 0 spiro atoms. The first-order chi connectivity index (χ1) is 13.9. The van der Waals surface area contributed by atoms with Gasteiger partial charge in [-0.2, -0.15) is 0 Å². The number of fused-ring (bicyclic) bond motifs is 1. The van der Waals surface area contributed by atoms with E-state index in [2.05, 4.69) is 9.80 Å². The van der Waals surface area contributed by atoms with Gasteiger partial charge >= 0.3 is 5.97 Å². The average molecular weight is 433 g/mol. The molecular formula is C22H22Cl2N2O3. The zero-order chi connectivity index (χ0) is 20.5. The molecule has 1 N–H and O–H groups in total. The second-order valence-corrected chi connectivity index (χ2v) is 8.17. The van der Waals surface area contributed by atoms with Crippen molar-refractivity contribution in [2.45, 2.75) is 19.9 Å². The smallest absolute Gasteiger partial charge is 0.371 e. The molecule has 0 saturated carbocycles. The zero-order valence-corrected chi connectivity index (χ0v) is 17.6. The topological polar surface area (TPSA) is 56.9 Å². The van der Waals surface area contributed by atoms with E-state index in [1.165, 1.54) is 0 Å². The normalized spacial score (nSPS) is 15.6. The number of hydrogen-bond donors (Lipinski definition) is 1. The van der Waals surface area contributed by atoms with E-state index in [0.29, 0.717) is 15.6 Å². The lowest BCUT2D eigenvalue weighted by molar-refractivity contribution is 0.0665. The molecule has 152 valence electrons. The highest BCUT2D eigenvalue weighted by molar-refractivity contribution is 6.35. The fourth-order valence-corrected chi connectivity index (χ4v) is 4.48. The first kappa shape index (κ1) is 20.1. The van der Waals surface area contributed by atoms with Gasteiger partial charge in [-0.05, 0) is 49.2 Å². The lowest BCUT2D eigenvalue weighted by atomic mass is 10.1. The molecule has 0 unspecified atom stereocenters. The van der Waals surface area contributed by atoms with Gasteiger partial charge in [-0.3, -0.25) is 4.90 Å². The van der Waals surface area contributed by atoms with Gasteiger partial charge in [0.25, 0.3) is 0 Å². The van der Waals surface area contributed by atoms with Crippen molar-refractivity contribution in [1.82, 2.24) is 4.90 Å². The Balaban J connectivity index is 1.52. The quantitative estimate of drug-likeness (QED) is 0.592. The average Bonchev–Trinajstić information content (AvgIpc) is 3.00. The summed E-state index contributed by atoms with van der Waals surface area (Å²) in [7, 11) is 0. The molecule has 0 aliphatic carbocycles. The van der Waals surface area contributed by atoms with E-state index in [9.17, 15) is 9.90 Å². The first-order valence-corrected chi connectivity index (χ1v) is 10.4. The van der Waals surface area contributed by atoms with E-state index in [-0.39, 0.29) is 5.76 Å². The summed E-state index contributed by atoms with van der Waals surface area (Å²) in [4.78, 5) is 16.0. The van der Waals surface area contributed by atoms with Crippen molar-refractivity contribution in [3.8, 4) is 0 Å². The van der Waals surface area contributed by atoms with Gasteiger partial charge in [-0.15, -0.1) is 0 Å². The van der Waals surface area contributed by atoms with Crippen LogP contribution in [0.2, 0.25) is 10.0 Å². The third-order valence-corrected chi connectivity index (χ3v) is 6.23. The number of hydrogen-bond acceptors (Lipinski definition) is 4. The summed E-state index contributed by atoms with van der Waals surface area (Å²) in [6.45, 7) is 6.42. The van der Waals surface area contributed by atoms with Gasteiger partial charge in [-0.1, -0.05) is 29.3 Å². The molecule has 2 aromatic carbocycles. The molecule has 0 amide bonds. The Morgan fingerprint density at radius 2 is 1.86 bits per heavy atom. The summed E-state index contributed by atoms with van der Waals surface area (Å²) in [5.41, 5.74) is 3.74. The third-order valence-electron chi connectivity index (χ3n) is 5.52. The number of aromatic carboxylic acids is 1. The molecule has 29 heavy (non-hydrogen) atoms. The Kier molecular flexibility index (Phi) is 5.72. The van der Waals surface area contributed by atoms with Gasteiger partial charge in [0, 0.05) is 59.4 Å². The summed E-state index contributed by atoms with van der Waals surface area (Å²) < 4.78 is 5.43. The molecule has 1 saturated heterocycles. The largest absolute Gasteiger partial charge is 0.475 e. The zero-order valence-electron chi connectivity index (χ0n) is 16.1. The maximum atomic E-state index is 11.2. The molecule has 1 aliphatic rings. The minimum atomic E-state index is -1.05. The molecular weight excluding hydrogens is 411 g/mol. The number of furan rings is 1. The summed E-state index contributed by atoms with van der Waals surface area (Å²) in [5.74, 6) is -1.08. The molecule has 5 nitrogen and oxygen atoms in total. The van der Waals surface area contributed by atoms with Crippen LogP contribution in [0.1, 0.15) is 28.1 Å². The maximum absolute atomic E-state index is 11.2. The molecule has 0 radical (unpaired) electrons. The Labute approximate surface area is 179 Å². The number of halogens is 2. The standard InChI is InChI=1S/C22H22Cl2N2O3/c1-14-15-12-21(22(27)28)29-20(15)7-6-19(14)26-9-3-8-25(10-11-26)13-16-17(23)4-2-5-18(16)24/h2,4-7,12H,3,8-11,13H2,1H3,(H,27,28). The summed E-state index contributed by atoms with van der Waals surface area (Å²) in [6.07, 6.45) is 1.02. The van der Waals surface area contributed by atoms with Crippen LogP contribution in [0.4, 0.5) is 5.69 Å². The number of benzene rings is 2. The van der Waals surface area contributed by atoms with Crippen molar-refractivity contribution >= 4 is 45.8 Å². The number of nitrogens with zero attached hydrogens (tertiary/aromatic N) is 2. The van der Waals surface area contributed by atoms with Gasteiger partial charge in [-0.25, -0.2) is 4.79 Å². The van der Waals surface area contributed by atoms with Crippen molar-refractivity contribution < 1.29 is 14.3 Å². The predicted octanol–water partition coefficient (Wildman–Crippen LogP) is 5.46. The second-order valence-electron chi connectivity index (χ2n) is 7.35. The van der Waals surface area contributed by atoms with Crippen LogP contribution in [0.3, 0.4) is 0 Å². The molecule has 0 bridgehead atoms. The molecule has 3 aromatic rings. The van der Waals surface area contributed by atoms with Crippen LogP contribution < -0.4 is 4.90 Å². The minimum absolute atomic E-state index is 0.0288. The second kappa shape index (κ2) is 8.27. The highest BCUT2D eigenvalue weighted by Crippen LogP contribution is 2.32. The lowest BCUT2D eigenvalue weighted by Gasteiger charge is -2.25. The lowest BCUT2D eigenvalue weighted by Crippen LogP contribution is -2.31. The van der Waals surface area contributed by atoms with Gasteiger partial charge < -0.3 is 14.4 Å². The van der Waals surface area contributed by atoms with E-state index in [0.717, 1.165) is 61.3 Å². The van der Waals surface area contributed by atoms with E-state index >= 15 is 0 Å². The highest BCUT2D eigenvalue weighted by atomic mass is 35.5. The first-order valence-electron chi connectivity index (χ1n) is 9.60. The van der Waals surface area contributed by atoms with E-state index < -0.39 is 5.97 Å². The number of carbonyl (C=O) groups is 1. The van der Waals surface area contributed by atoms with Gasteiger partial charge in [0.05, 0.1) is 0 Å². The fraction of sp³-hybridized carbons (Fsp3) is 0.318. The van der Waals surface area contributed by atoms with Crippen molar-refractivity contribution in [3.63, 3.8) is 0 Å². The van der Waals surface area contributed by atoms with Crippen molar-refractivity contribution in [2.75, 3.05) is 31.1 Å². The molecule has 2 heterocycles. The molecule has 1 fully saturated rings. The van der Waals surface area contributed by atoms with Crippen LogP contribution in [0.15, 0.2) is 40.8 Å². The van der Waals surface area contributed by atoms with Crippen molar-refractivity contribution in [1.29, 1.82) is 0 Å². The number of anilines is 1. The van der Waals surface area contributed by atoms with Crippen LogP contribution >= 0.6 is 23.2 Å². The third kappa shape index (κ3) is 4.08. The van der Waals surface area contributed by atoms with Crippen LogP contribution in [0, 0.1) is 6.92 Å². The fourth-order valence-electron chi connectivity index (χ4n) is 3.96. The maximum Gasteiger partial charge on any atom is 0.371 e. The predicted molar refractivity (Wildman–Crippen MR) is 116 cm³/mol. The molecule has 1 aromatic heterocycles. The minimum Gasteiger partial charge on any atom is -0.475 e. The van der Waals surface area contributed by atoms with Crippen molar-refractivity contribution in [3.05, 3.63) is 63.3 Å². The molecule has 7 heteroatoms. The Morgan fingerprint density at radius 1 is 1.10 bits per heavy atom. The van der Waals surface area contributed by atoms with Crippen LogP contribution in [0.25, 0.3) is 11.0 Å². The molecule has 0 atom stereocenters. The van der Waals surface area contributed by atoms with Crippen LogP contribution in [0.5, 0.6) is 0 Å². The SMILES string of the molecule is Cc1c(N2CCCN(Cc3c(Cl)cccc3Cl)CC2)ccc2oc(C(=O)O)cc12. The van der Waals surface area contributed by atoms with Gasteiger partial charge in [0.1, 0.15) is 5.58 Å². The highest BCUT2D eigenvalue weighted by Gasteiger charge is 2.20. The number of carboxylic acids is 1. The van der Waals surface area contributed by atoms with Crippen LogP contribution in [-0.2, 0) is 6.54 Å². The van der Waals surface area contributed by atoms with E-state index in [4.69, 9.17) is 27.6 Å². The Bertz CT molecular complexity index is 1040. The number of carboxylic acid groups (broad SMARTS) is 1. The van der Waals surface area contributed by atoms with Gasteiger partial charge in [0.15, 0.2) is 0 Å². The van der Waals surface area contributed by atoms with E-state index in [1.54, 1.807) is 6.07 Å². The van der Waals surface area contributed by atoms with E-state index in [1.807, 2.05) is 37.3 Å².